The van der Waals surface area contributed by atoms with Gasteiger partial charge in [-0.25, -0.2) is 0 Å². The zero-order valence-electron chi connectivity index (χ0n) is 9.23. The summed E-state index contributed by atoms with van der Waals surface area (Å²) in [4.78, 5) is 0. The summed E-state index contributed by atoms with van der Waals surface area (Å²) >= 11 is 1.93. The first-order valence-electron chi connectivity index (χ1n) is 5.39. The summed E-state index contributed by atoms with van der Waals surface area (Å²) in [6.45, 7) is 5.99. The molecule has 0 spiro atoms. The molecule has 0 aliphatic heterocycles. The van der Waals surface area contributed by atoms with Crippen LogP contribution in [0.4, 0.5) is 0 Å². The van der Waals surface area contributed by atoms with E-state index < -0.39 is 0 Å². The van der Waals surface area contributed by atoms with E-state index >= 15 is 0 Å². The first-order valence-corrected chi connectivity index (χ1v) is 6.78. The number of nitrogens with one attached hydrogen (secondary N) is 1. The standard InChI is InChI=1S/C11H23NS/c1-11(2)7-5-4-6-10(11)12-8-9-13-3/h10,12H,4-9H2,1-3H3. The summed E-state index contributed by atoms with van der Waals surface area (Å²) < 4.78 is 0. The molecule has 1 unspecified atom stereocenters. The van der Waals surface area contributed by atoms with E-state index in [0.29, 0.717) is 5.41 Å². The van der Waals surface area contributed by atoms with Gasteiger partial charge in [0.1, 0.15) is 0 Å². The van der Waals surface area contributed by atoms with Crippen molar-refractivity contribution in [2.24, 2.45) is 5.41 Å². The lowest BCUT2D eigenvalue weighted by atomic mass is 9.73. The third-order valence-corrected chi connectivity index (χ3v) is 3.82. The molecule has 2 heteroatoms. The number of rotatable bonds is 4. The monoisotopic (exact) mass is 201 g/mol. The molecule has 0 saturated heterocycles. The lowest BCUT2D eigenvalue weighted by Gasteiger charge is -2.39. The molecular weight excluding hydrogens is 178 g/mol. The molecule has 1 N–H and O–H groups in total. The Kier molecular flexibility index (Phi) is 4.60. The molecule has 0 heterocycles. The summed E-state index contributed by atoms with van der Waals surface area (Å²) in [6, 6.07) is 0.758. The molecule has 78 valence electrons. The van der Waals surface area contributed by atoms with E-state index in [-0.39, 0.29) is 0 Å². The molecule has 1 saturated carbocycles. The molecule has 1 aliphatic rings. The minimum atomic E-state index is 0.524. The highest BCUT2D eigenvalue weighted by atomic mass is 32.2. The SMILES string of the molecule is CSCCNC1CCCCC1(C)C. The van der Waals surface area contributed by atoms with Crippen LogP contribution in [0.3, 0.4) is 0 Å². The Morgan fingerprint density at radius 1 is 1.38 bits per heavy atom. The van der Waals surface area contributed by atoms with Gasteiger partial charge in [0, 0.05) is 18.3 Å². The molecule has 0 radical (unpaired) electrons. The number of thioether (sulfide) groups is 1. The van der Waals surface area contributed by atoms with Crippen molar-refractivity contribution in [3.8, 4) is 0 Å². The van der Waals surface area contributed by atoms with E-state index in [2.05, 4.69) is 25.4 Å². The van der Waals surface area contributed by atoms with Crippen molar-refractivity contribution in [2.75, 3.05) is 18.6 Å². The molecule has 0 aromatic heterocycles. The molecule has 0 bridgehead atoms. The van der Waals surface area contributed by atoms with Crippen LogP contribution in [0.5, 0.6) is 0 Å². The van der Waals surface area contributed by atoms with Crippen molar-refractivity contribution in [1.29, 1.82) is 0 Å². The quantitative estimate of drug-likeness (QED) is 0.702. The van der Waals surface area contributed by atoms with Crippen LogP contribution in [0.1, 0.15) is 39.5 Å². The third-order valence-electron chi connectivity index (χ3n) is 3.20. The summed E-state index contributed by atoms with van der Waals surface area (Å²) in [7, 11) is 0. The van der Waals surface area contributed by atoms with Gasteiger partial charge in [0.05, 0.1) is 0 Å². The van der Waals surface area contributed by atoms with Crippen LogP contribution >= 0.6 is 11.8 Å². The van der Waals surface area contributed by atoms with Crippen molar-refractivity contribution in [3.05, 3.63) is 0 Å². The molecule has 1 fully saturated rings. The van der Waals surface area contributed by atoms with Crippen molar-refractivity contribution in [3.63, 3.8) is 0 Å². The van der Waals surface area contributed by atoms with Gasteiger partial charge in [-0.2, -0.15) is 11.8 Å². The maximum atomic E-state index is 3.69. The van der Waals surface area contributed by atoms with Gasteiger partial charge >= 0.3 is 0 Å². The van der Waals surface area contributed by atoms with Crippen molar-refractivity contribution in [1.82, 2.24) is 5.32 Å². The van der Waals surface area contributed by atoms with Crippen LogP contribution in [0.2, 0.25) is 0 Å². The van der Waals surface area contributed by atoms with E-state index in [1.165, 1.54) is 38.0 Å². The van der Waals surface area contributed by atoms with Crippen molar-refractivity contribution >= 4 is 11.8 Å². The fourth-order valence-corrected chi connectivity index (χ4v) is 2.53. The second kappa shape index (κ2) is 5.26. The Morgan fingerprint density at radius 3 is 2.77 bits per heavy atom. The Hall–Kier alpha value is 0.310. The second-order valence-corrected chi connectivity index (χ2v) is 5.72. The molecule has 13 heavy (non-hydrogen) atoms. The molecule has 1 nitrogen and oxygen atoms in total. The first-order chi connectivity index (χ1) is 6.17. The average molecular weight is 201 g/mol. The van der Waals surface area contributed by atoms with E-state index in [1.807, 2.05) is 11.8 Å². The maximum Gasteiger partial charge on any atom is 0.0119 e. The Balaban J connectivity index is 2.29. The summed E-state index contributed by atoms with van der Waals surface area (Å²) in [5.41, 5.74) is 0.524. The molecule has 1 aliphatic carbocycles. The molecule has 1 rings (SSSR count). The van der Waals surface area contributed by atoms with E-state index in [0.717, 1.165) is 6.04 Å². The highest BCUT2D eigenvalue weighted by molar-refractivity contribution is 7.98. The minimum absolute atomic E-state index is 0.524. The second-order valence-electron chi connectivity index (χ2n) is 4.73. The minimum Gasteiger partial charge on any atom is -0.313 e. The Bertz CT molecular complexity index is 145. The van der Waals surface area contributed by atoms with E-state index in [9.17, 15) is 0 Å². The van der Waals surface area contributed by atoms with E-state index in [1.54, 1.807) is 0 Å². The van der Waals surface area contributed by atoms with Crippen LogP contribution < -0.4 is 5.32 Å². The van der Waals surface area contributed by atoms with Crippen molar-refractivity contribution < 1.29 is 0 Å². The lowest BCUT2D eigenvalue weighted by Crippen LogP contribution is -2.44. The molecule has 0 aromatic rings. The summed E-state index contributed by atoms with van der Waals surface area (Å²) in [5.74, 6) is 1.24. The van der Waals surface area contributed by atoms with Gasteiger partial charge in [-0.1, -0.05) is 26.7 Å². The zero-order chi connectivity index (χ0) is 9.73. The largest absolute Gasteiger partial charge is 0.313 e. The van der Waals surface area contributed by atoms with Crippen LogP contribution in [-0.2, 0) is 0 Å². The van der Waals surface area contributed by atoms with Gasteiger partial charge in [-0.15, -0.1) is 0 Å². The Morgan fingerprint density at radius 2 is 2.15 bits per heavy atom. The summed E-state index contributed by atoms with van der Waals surface area (Å²) in [6.07, 6.45) is 7.78. The van der Waals surface area contributed by atoms with Crippen LogP contribution in [0.25, 0.3) is 0 Å². The average Bonchev–Trinajstić information content (AvgIpc) is 2.08. The highest BCUT2D eigenvalue weighted by Gasteiger charge is 2.31. The Labute approximate surface area is 87.1 Å². The van der Waals surface area contributed by atoms with Gasteiger partial charge in [0.2, 0.25) is 0 Å². The normalized spacial score (nSPS) is 27.5. The van der Waals surface area contributed by atoms with E-state index in [4.69, 9.17) is 0 Å². The van der Waals surface area contributed by atoms with Crippen LogP contribution in [0, 0.1) is 5.41 Å². The fraction of sp³-hybridized carbons (Fsp3) is 1.00. The van der Waals surface area contributed by atoms with Crippen molar-refractivity contribution in [2.45, 2.75) is 45.6 Å². The molecule has 0 aromatic carbocycles. The van der Waals surface area contributed by atoms with Crippen LogP contribution in [-0.4, -0.2) is 24.6 Å². The number of hydrogen-bond donors (Lipinski definition) is 1. The van der Waals surface area contributed by atoms with Crippen LogP contribution in [0.15, 0.2) is 0 Å². The first kappa shape index (κ1) is 11.4. The fourth-order valence-electron chi connectivity index (χ4n) is 2.21. The highest BCUT2D eigenvalue weighted by Crippen LogP contribution is 2.35. The lowest BCUT2D eigenvalue weighted by molar-refractivity contribution is 0.170. The third kappa shape index (κ3) is 3.51. The number of hydrogen-bond acceptors (Lipinski definition) is 2. The molecular formula is C11H23NS. The van der Waals surface area contributed by atoms with Gasteiger partial charge in [0.15, 0.2) is 0 Å². The summed E-state index contributed by atoms with van der Waals surface area (Å²) in [5, 5.41) is 3.69. The van der Waals surface area contributed by atoms with Gasteiger partial charge in [-0.05, 0) is 24.5 Å². The molecule has 0 amide bonds. The predicted molar refractivity (Wildman–Crippen MR) is 62.4 cm³/mol. The topological polar surface area (TPSA) is 12.0 Å². The zero-order valence-corrected chi connectivity index (χ0v) is 10.0. The smallest absolute Gasteiger partial charge is 0.0119 e. The predicted octanol–water partition coefficient (Wildman–Crippen LogP) is 2.91. The molecule has 1 atom stereocenters. The van der Waals surface area contributed by atoms with Gasteiger partial charge in [-0.3, -0.25) is 0 Å². The van der Waals surface area contributed by atoms with Gasteiger partial charge in [0.25, 0.3) is 0 Å². The van der Waals surface area contributed by atoms with Gasteiger partial charge < -0.3 is 5.32 Å². The maximum absolute atomic E-state index is 3.69.